The summed E-state index contributed by atoms with van der Waals surface area (Å²) in [7, 11) is 0. The smallest absolute Gasteiger partial charge is 0.158 e. The summed E-state index contributed by atoms with van der Waals surface area (Å²) < 4.78 is 1.89. The van der Waals surface area contributed by atoms with Crippen LogP contribution in [-0.4, -0.2) is 48.6 Å². The topological polar surface area (TPSA) is 62.1 Å². The Labute approximate surface area is 202 Å². The lowest BCUT2D eigenvalue weighted by molar-refractivity contribution is 0.163. The fraction of sp³-hybridized carbons (Fsp3) is 0.536. The molecule has 1 aliphatic carbocycles. The zero-order valence-corrected chi connectivity index (χ0v) is 21.5. The van der Waals surface area contributed by atoms with Gasteiger partial charge >= 0.3 is 0 Å². The van der Waals surface area contributed by atoms with E-state index >= 15 is 0 Å². The number of H-pyrrole nitrogens is 1. The second-order valence-corrected chi connectivity index (χ2v) is 10.2. The number of pyridine rings is 2. The molecule has 4 aromatic heterocycles. The number of nitrogens with zero attached hydrogens (tertiary/aromatic N) is 5. The van der Waals surface area contributed by atoms with Crippen LogP contribution in [0.2, 0.25) is 0 Å². The van der Waals surface area contributed by atoms with Gasteiger partial charge < -0.3 is 9.88 Å². The molecule has 4 heterocycles. The van der Waals surface area contributed by atoms with Crippen LogP contribution in [0.1, 0.15) is 87.6 Å². The van der Waals surface area contributed by atoms with E-state index in [2.05, 4.69) is 79.8 Å². The molecule has 34 heavy (non-hydrogen) atoms. The highest BCUT2D eigenvalue weighted by Gasteiger charge is 2.27. The minimum atomic E-state index is 0.357. The summed E-state index contributed by atoms with van der Waals surface area (Å²) in [5, 5.41) is 4.41. The Morgan fingerprint density at radius 2 is 1.79 bits per heavy atom. The minimum absolute atomic E-state index is 0.357. The van der Waals surface area contributed by atoms with Crippen LogP contribution >= 0.6 is 0 Å². The van der Waals surface area contributed by atoms with Gasteiger partial charge in [-0.2, -0.15) is 5.10 Å². The Bertz CT molecular complexity index is 1300. The van der Waals surface area contributed by atoms with Crippen molar-refractivity contribution in [3.05, 3.63) is 47.0 Å². The average molecular weight is 459 g/mol. The van der Waals surface area contributed by atoms with Crippen LogP contribution in [0, 0.1) is 13.8 Å². The van der Waals surface area contributed by atoms with E-state index in [0.717, 1.165) is 41.5 Å². The molecule has 0 amide bonds. The largest absolute Gasteiger partial charge is 0.353 e. The van der Waals surface area contributed by atoms with Gasteiger partial charge in [0.2, 0.25) is 0 Å². The summed E-state index contributed by atoms with van der Waals surface area (Å²) in [6, 6.07) is 5.24. The lowest BCUT2D eigenvalue weighted by atomic mass is 9.83. The van der Waals surface area contributed by atoms with Crippen molar-refractivity contribution in [2.75, 3.05) is 13.1 Å². The maximum atomic E-state index is 5.30. The summed E-state index contributed by atoms with van der Waals surface area (Å²) >= 11 is 0. The normalized spacial score (nSPS) is 19.2. The van der Waals surface area contributed by atoms with Crippen molar-refractivity contribution in [2.45, 2.75) is 85.1 Å². The Morgan fingerprint density at radius 3 is 2.47 bits per heavy atom. The maximum absolute atomic E-state index is 5.30. The highest BCUT2D eigenvalue weighted by Crippen LogP contribution is 2.39. The van der Waals surface area contributed by atoms with Crippen molar-refractivity contribution in [3.8, 4) is 11.3 Å². The third-order valence-corrected chi connectivity index (χ3v) is 8.12. The summed E-state index contributed by atoms with van der Waals surface area (Å²) in [6.07, 6.45) is 8.75. The quantitative estimate of drug-likeness (QED) is 0.364. The molecule has 0 saturated heterocycles. The number of aromatic amines is 1. The van der Waals surface area contributed by atoms with Gasteiger partial charge in [-0.05, 0) is 81.8 Å². The number of aryl methyl sites for hydroxylation is 1. The maximum Gasteiger partial charge on any atom is 0.158 e. The van der Waals surface area contributed by atoms with E-state index in [1.165, 1.54) is 53.6 Å². The van der Waals surface area contributed by atoms with Gasteiger partial charge in [-0.25, -0.2) is 9.50 Å². The molecule has 5 rings (SSSR count). The van der Waals surface area contributed by atoms with Crippen molar-refractivity contribution in [2.24, 2.45) is 0 Å². The molecule has 0 radical (unpaired) electrons. The second-order valence-electron chi connectivity index (χ2n) is 10.2. The fourth-order valence-corrected chi connectivity index (χ4v) is 6.03. The lowest BCUT2D eigenvalue weighted by Crippen LogP contribution is -2.37. The molecular formula is C28H38N6. The van der Waals surface area contributed by atoms with Gasteiger partial charge in [-0.1, -0.05) is 27.7 Å². The third kappa shape index (κ3) is 3.82. The van der Waals surface area contributed by atoms with Crippen molar-refractivity contribution < 1.29 is 0 Å². The van der Waals surface area contributed by atoms with Gasteiger partial charge in [-0.3, -0.25) is 4.98 Å². The van der Waals surface area contributed by atoms with Crippen LogP contribution in [0.15, 0.2) is 24.7 Å². The first kappa shape index (κ1) is 23.0. The Morgan fingerprint density at radius 1 is 1.06 bits per heavy atom. The predicted molar refractivity (Wildman–Crippen MR) is 140 cm³/mol. The molecule has 0 unspecified atom stereocenters. The van der Waals surface area contributed by atoms with Crippen LogP contribution < -0.4 is 0 Å². The molecule has 4 aromatic rings. The van der Waals surface area contributed by atoms with Crippen molar-refractivity contribution in [1.29, 1.82) is 0 Å². The molecule has 180 valence electrons. The van der Waals surface area contributed by atoms with E-state index in [-0.39, 0.29) is 0 Å². The van der Waals surface area contributed by atoms with Crippen LogP contribution in [-0.2, 0) is 0 Å². The highest BCUT2D eigenvalue weighted by molar-refractivity contribution is 5.89. The fourth-order valence-electron chi connectivity index (χ4n) is 6.03. The van der Waals surface area contributed by atoms with E-state index in [1.807, 2.05) is 4.52 Å². The lowest BCUT2D eigenvalue weighted by Gasteiger charge is -2.35. The molecule has 1 fully saturated rings. The summed E-state index contributed by atoms with van der Waals surface area (Å²) in [5.74, 6) is 0.918. The molecule has 0 atom stereocenters. The SMILES string of the molecule is CCN(CC)C1CCC(c2ccc3[nH]c(-c4cn5ncnc5c(C)c4C)c(C(C)C)c3n2)CC1. The summed E-state index contributed by atoms with van der Waals surface area (Å²) in [4.78, 5) is 16.1. The van der Waals surface area contributed by atoms with Gasteiger partial charge in [-0.15, -0.1) is 0 Å². The standard InChI is InChI=1S/C28H38N6/c1-7-33(8-2)21-11-9-20(10-12-21)23-13-14-24-27(31-23)25(17(3)4)26(32-24)22-15-34-28(29-16-30-34)19(6)18(22)5/h13-17,20-21,32H,7-12H2,1-6H3. The molecule has 0 bridgehead atoms. The summed E-state index contributed by atoms with van der Waals surface area (Å²) in [6.45, 7) is 15.7. The number of aromatic nitrogens is 5. The molecular weight excluding hydrogens is 420 g/mol. The number of hydrogen-bond donors (Lipinski definition) is 1. The van der Waals surface area contributed by atoms with Crippen molar-refractivity contribution >= 4 is 16.7 Å². The number of fused-ring (bicyclic) bond motifs is 2. The predicted octanol–water partition coefficient (Wildman–Crippen LogP) is 6.38. The first-order valence-corrected chi connectivity index (χ1v) is 13.0. The first-order chi connectivity index (χ1) is 16.4. The van der Waals surface area contributed by atoms with Gasteiger partial charge in [0, 0.05) is 35.0 Å². The second kappa shape index (κ2) is 9.14. The van der Waals surface area contributed by atoms with E-state index in [4.69, 9.17) is 4.98 Å². The molecule has 0 aliphatic heterocycles. The highest BCUT2D eigenvalue weighted by atomic mass is 15.3. The van der Waals surface area contributed by atoms with Gasteiger partial charge in [0.15, 0.2) is 5.65 Å². The number of nitrogens with one attached hydrogen (secondary N) is 1. The zero-order valence-electron chi connectivity index (χ0n) is 21.5. The zero-order chi connectivity index (χ0) is 24.0. The van der Waals surface area contributed by atoms with Gasteiger partial charge in [0.1, 0.15) is 6.33 Å². The van der Waals surface area contributed by atoms with Crippen LogP contribution in [0.5, 0.6) is 0 Å². The Hall–Kier alpha value is -2.73. The molecule has 1 saturated carbocycles. The molecule has 6 heteroatoms. The van der Waals surface area contributed by atoms with Crippen molar-refractivity contribution in [3.63, 3.8) is 0 Å². The Kier molecular flexibility index (Phi) is 6.19. The number of hydrogen-bond acceptors (Lipinski definition) is 4. The van der Waals surface area contributed by atoms with E-state index in [1.54, 1.807) is 6.33 Å². The van der Waals surface area contributed by atoms with Crippen LogP contribution in [0.4, 0.5) is 0 Å². The van der Waals surface area contributed by atoms with Gasteiger partial charge in [0.25, 0.3) is 0 Å². The van der Waals surface area contributed by atoms with E-state index < -0.39 is 0 Å². The molecule has 0 spiro atoms. The van der Waals surface area contributed by atoms with Crippen LogP contribution in [0.25, 0.3) is 27.9 Å². The molecule has 1 aliphatic rings. The van der Waals surface area contributed by atoms with Crippen LogP contribution in [0.3, 0.4) is 0 Å². The van der Waals surface area contributed by atoms with E-state index in [0.29, 0.717) is 11.8 Å². The number of rotatable bonds is 6. The first-order valence-electron chi connectivity index (χ1n) is 13.0. The average Bonchev–Trinajstić information content (AvgIpc) is 3.47. The minimum Gasteiger partial charge on any atom is -0.353 e. The molecule has 1 N–H and O–H groups in total. The molecule has 0 aromatic carbocycles. The van der Waals surface area contributed by atoms with Crippen molar-refractivity contribution in [1.82, 2.24) is 29.5 Å². The molecule has 6 nitrogen and oxygen atoms in total. The Balaban J connectivity index is 1.53. The van der Waals surface area contributed by atoms with Gasteiger partial charge in [0.05, 0.1) is 16.7 Å². The summed E-state index contributed by atoms with van der Waals surface area (Å²) in [5.41, 5.74) is 10.5. The van der Waals surface area contributed by atoms with E-state index in [9.17, 15) is 0 Å². The monoisotopic (exact) mass is 458 g/mol. The third-order valence-electron chi connectivity index (χ3n) is 8.12.